The third-order valence-electron chi connectivity index (χ3n) is 2.95. The molecule has 0 aliphatic carbocycles. The Morgan fingerprint density at radius 3 is 1.95 bits per heavy atom. The van der Waals surface area contributed by atoms with Crippen LogP contribution in [0.15, 0.2) is 72.9 Å². The van der Waals surface area contributed by atoms with Crippen LogP contribution in [0, 0.1) is 0 Å². The van der Waals surface area contributed by atoms with E-state index in [-0.39, 0.29) is 0 Å². The standard InChI is InChI=1S/C17H18N2/c1-14(15-8-4-2-5-9-15)12-17(13-19-18)16-10-6-3-7-11-16/h2-13,19H,18H2,1H3/b14-12+,17-13+. The Morgan fingerprint density at radius 1 is 0.895 bits per heavy atom. The Hall–Kier alpha value is -2.32. The van der Waals surface area contributed by atoms with Crippen molar-refractivity contribution in [1.82, 2.24) is 5.43 Å². The largest absolute Gasteiger partial charge is 0.331 e. The number of benzene rings is 2. The fourth-order valence-corrected chi connectivity index (χ4v) is 1.95. The quantitative estimate of drug-likeness (QED) is 0.494. The molecule has 0 heterocycles. The molecule has 0 spiro atoms. The van der Waals surface area contributed by atoms with E-state index in [1.54, 1.807) is 0 Å². The van der Waals surface area contributed by atoms with Gasteiger partial charge in [0, 0.05) is 6.20 Å². The molecule has 2 aromatic carbocycles. The average molecular weight is 250 g/mol. The van der Waals surface area contributed by atoms with E-state index in [1.165, 1.54) is 11.1 Å². The van der Waals surface area contributed by atoms with Crippen molar-refractivity contribution in [3.8, 4) is 0 Å². The molecule has 0 aliphatic rings. The number of nitrogens with one attached hydrogen (secondary N) is 1. The molecule has 3 N–H and O–H groups in total. The monoisotopic (exact) mass is 250 g/mol. The molecule has 0 bridgehead atoms. The molecule has 2 aromatic rings. The van der Waals surface area contributed by atoms with Gasteiger partial charge in [0.15, 0.2) is 0 Å². The number of hydrogen-bond acceptors (Lipinski definition) is 2. The van der Waals surface area contributed by atoms with E-state index in [1.807, 2.05) is 42.6 Å². The van der Waals surface area contributed by atoms with Crippen molar-refractivity contribution in [3.05, 3.63) is 84.1 Å². The van der Waals surface area contributed by atoms with Crippen LogP contribution in [-0.4, -0.2) is 0 Å². The molecule has 0 unspecified atom stereocenters. The Bertz CT molecular complexity index is 569. The molecule has 96 valence electrons. The molecule has 19 heavy (non-hydrogen) atoms. The fraction of sp³-hybridized carbons (Fsp3) is 0.0588. The third kappa shape index (κ3) is 3.57. The summed E-state index contributed by atoms with van der Waals surface area (Å²) < 4.78 is 0. The third-order valence-corrected chi connectivity index (χ3v) is 2.95. The van der Waals surface area contributed by atoms with Crippen LogP contribution < -0.4 is 11.3 Å². The summed E-state index contributed by atoms with van der Waals surface area (Å²) >= 11 is 0. The van der Waals surface area contributed by atoms with Crippen LogP contribution >= 0.6 is 0 Å². The normalized spacial score (nSPS) is 12.3. The maximum atomic E-state index is 5.43. The van der Waals surface area contributed by atoms with Crippen molar-refractivity contribution in [2.24, 2.45) is 5.84 Å². The minimum atomic E-state index is 1.06. The van der Waals surface area contributed by atoms with Crippen molar-refractivity contribution >= 4 is 11.1 Å². The van der Waals surface area contributed by atoms with Crippen LogP contribution in [0.2, 0.25) is 0 Å². The number of hydrogen-bond donors (Lipinski definition) is 2. The highest BCUT2D eigenvalue weighted by Crippen LogP contribution is 2.21. The van der Waals surface area contributed by atoms with Crippen molar-refractivity contribution in [3.63, 3.8) is 0 Å². The van der Waals surface area contributed by atoms with Crippen LogP contribution in [0.4, 0.5) is 0 Å². The second kappa shape index (κ2) is 6.57. The summed E-state index contributed by atoms with van der Waals surface area (Å²) in [5.74, 6) is 5.43. The first-order valence-corrected chi connectivity index (χ1v) is 6.26. The lowest BCUT2D eigenvalue weighted by atomic mass is 10.0. The highest BCUT2D eigenvalue weighted by molar-refractivity contribution is 5.83. The van der Waals surface area contributed by atoms with Gasteiger partial charge in [0.2, 0.25) is 0 Å². The highest BCUT2D eigenvalue weighted by atomic mass is 15.2. The summed E-state index contributed by atoms with van der Waals surface area (Å²) in [5.41, 5.74) is 7.22. The maximum Gasteiger partial charge on any atom is 0.0201 e. The molecular formula is C17H18N2. The SMILES string of the molecule is C/C(=C\C(=C/NN)c1ccccc1)c1ccccc1. The van der Waals surface area contributed by atoms with Gasteiger partial charge in [-0.1, -0.05) is 60.7 Å². The minimum absolute atomic E-state index is 1.06. The molecule has 0 atom stereocenters. The van der Waals surface area contributed by atoms with E-state index in [0.29, 0.717) is 0 Å². The summed E-state index contributed by atoms with van der Waals surface area (Å²) in [5, 5.41) is 0. The maximum absolute atomic E-state index is 5.43. The van der Waals surface area contributed by atoms with Gasteiger partial charge >= 0.3 is 0 Å². The summed E-state index contributed by atoms with van der Waals surface area (Å²) in [4.78, 5) is 0. The van der Waals surface area contributed by atoms with Gasteiger partial charge in [-0.25, -0.2) is 0 Å². The molecule has 2 nitrogen and oxygen atoms in total. The predicted octanol–water partition coefficient (Wildman–Crippen LogP) is 3.59. The lowest BCUT2D eigenvalue weighted by molar-refractivity contribution is 0.971. The fourth-order valence-electron chi connectivity index (χ4n) is 1.95. The molecule has 0 saturated heterocycles. The van der Waals surface area contributed by atoms with Crippen LogP contribution in [0.3, 0.4) is 0 Å². The van der Waals surface area contributed by atoms with Crippen LogP contribution in [0.25, 0.3) is 11.1 Å². The highest BCUT2D eigenvalue weighted by Gasteiger charge is 2.00. The smallest absolute Gasteiger partial charge is 0.0201 e. The van der Waals surface area contributed by atoms with E-state index < -0.39 is 0 Å². The Kier molecular flexibility index (Phi) is 4.54. The lowest BCUT2D eigenvalue weighted by Gasteiger charge is -2.06. The van der Waals surface area contributed by atoms with Crippen LogP contribution in [0.1, 0.15) is 18.1 Å². The zero-order valence-electron chi connectivity index (χ0n) is 11.0. The van der Waals surface area contributed by atoms with E-state index in [4.69, 9.17) is 5.84 Å². The zero-order chi connectivity index (χ0) is 13.5. The molecular weight excluding hydrogens is 232 g/mol. The molecule has 0 aromatic heterocycles. The van der Waals surface area contributed by atoms with Crippen molar-refractivity contribution in [2.75, 3.05) is 0 Å². The molecule has 0 fully saturated rings. The Labute approximate surface area is 114 Å². The number of rotatable bonds is 4. The Morgan fingerprint density at radius 2 is 1.42 bits per heavy atom. The topological polar surface area (TPSA) is 38.0 Å². The van der Waals surface area contributed by atoms with E-state index in [2.05, 4.69) is 42.7 Å². The molecule has 0 saturated carbocycles. The number of hydrazine groups is 1. The van der Waals surface area contributed by atoms with Gasteiger partial charge in [0.1, 0.15) is 0 Å². The second-order valence-corrected chi connectivity index (χ2v) is 4.33. The first-order chi connectivity index (χ1) is 9.31. The zero-order valence-corrected chi connectivity index (χ0v) is 11.0. The van der Waals surface area contributed by atoms with E-state index >= 15 is 0 Å². The molecule has 0 aliphatic heterocycles. The lowest BCUT2D eigenvalue weighted by Crippen LogP contribution is -2.13. The van der Waals surface area contributed by atoms with Gasteiger partial charge < -0.3 is 5.43 Å². The van der Waals surface area contributed by atoms with Gasteiger partial charge in [-0.3, -0.25) is 5.84 Å². The summed E-state index contributed by atoms with van der Waals surface area (Å²) in [6.07, 6.45) is 3.94. The summed E-state index contributed by atoms with van der Waals surface area (Å²) in [6.45, 7) is 2.10. The van der Waals surface area contributed by atoms with Crippen molar-refractivity contribution in [2.45, 2.75) is 6.92 Å². The molecule has 0 amide bonds. The van der Waals surface area contributed by atoms with Gasteiger partial charge in [0.25, 0.3) is 0 Å². The van der Waals surface area contributed by atoms with Crippen LogP contribution in [-0.2, 0) is 0 Å². The average Bonchev–Trinajstić information content (AvgIpc) is 2.48. The molecule has 2 heteroatoms. The molecule has 0 radical (unpaired) electrons. The van der Waals surface area contributed by atoms with Gasteiger partial charge in [0.05, 0.1) is 0 Å². The molecule has 2 rings (SSSR count). The van der Waals surface area contributed by atoms with Gasteiger partial charge in [-0.05, 0) is 35.3 Å². The first-order valence-electron chi connectivity index (χ1n) is 6.26. The number of nitrogens with two attached hydrogens (primary N) is 1. The predicted molar refractivity (Wildman–Crippen MR) is 81.8 cm³/mol. The number of allylic oxidation sites excluding steroid dienone is 3. The van der Waals surface area contributed by atoms with E-state index in [0.717, 1.165) is 11.1 Å². The van der Waals surface area contributed by atoms with E-state index in [9.17, 15) is 0 Å². The van der Waals surface area contributed by atoms with Crippen molar-refractivity contribution in [1.29, 1.82) is 0 Å². The van der Waals surface area contributed by atoms with Gasteiger partial charge in [-0.2, -0.15) is 0 Å². The minimum Gasteiger partial charge on any atom is -0.331 e. The van der Waals surface area contributed by atoms with Gasteiger partial charge in [-0.15, -0.1) is 0 Å². The summed E-state index contributed by atoms with van der Waals surface area (Å²) in [7, 11) is 0. The Balaban J connectivity index is 2.35. The van der Waals surface area contributed by atoms with Crippen molar-refractivity contribution < 1.29 is 0 Å². The van der Waals surface area contributed by atoms with Crippen LogP contribution in [0.5, 0.6) is 0 Å². The summed E-state index contributed by atoms with van der Waals surface area (Å²) in [6, 6.07) is 20.5. The second-order valence-electron chi connectivity index (χ2n) is 4.33. The first kappa shape index (κ1) is 13.1.